The zero-order valence-electron chi connectivity index (χ0n) is 11.9. The average molecular weight is 276 g/mol. The molecule has 0 saturated carbocycles. The third-order valence-electron chi connectivity index (χ3n) is 3.38. The maximum Gasteiger partial charge on any atom is 0.338 e. The molecule has 0 aliphatic rings. The second-order valence-corrected chi connectivity index (χ2v) is 5.64. The molecule has 0 unspecified atom stereocenters. The lowest BCUT2D eigenvalue weighted by Gasteiger charge is -2.22. The Morgan fingerprint density at radius 3 is 2.55 bits per heavy atom. The molecule has 20 heavy (non-hydrogen) atoms. The van der Waals surface area contributed by atoms with Gasteiger partial charge in [0.15, 0.2) is 0 Å². The molecule has 2 aromatic rings. The molecule has 0 bridgehead atoms. The first-order chi connectivity index (χ1) is 9.27. The molecule has 0 saturated heterocycles. The Balaban J connectivity index is 2.92. The largest absolute Gasteiger partial charge is 0.508 e. The normalized spacial score (nSPS) is 12.0. The van der Waals surface area contributed by atoms with Crippen molar-refractivity contribution in [1.29, 1.82) is 0 Å². The first-order valence-electron chi connectivity index (χ1n) is 6.66. The highest BCUT2D eigenvalue weighted by Gasteiger charge is 2.28. The van der Waals surface area contributed by atoms with Gasteiger partial charge in [0.1, 0.15) is 5.75 Å². The van der Waals surface area contributed by atoms with Crippen molar-refractivity contribution in [2.45, 2.75) is 39.2 Å². The number of H-pyrrole nitrogens is 1. The van der Waals surface area contributed by atoms with Crippen molar-refractivity contribution in [3.8, 4) is 5.75 Å². The molecule has 0 spiro atoms. The summed E-state index contributed by atoms with van der Waals surface area (Å²) in [7, 11) is 0. The molecule has 1 heterocycles. The molecule has 0 fully saturated rings. The molecule has 5 N–H and O–H groups in total. The second-order valence-electron chi connectivity index (χ2n) is 5.64. The molecule has 1 aromatic heterocycles. The number of nitrogens with two attached hydrogens (primary N) is 1. The summed E-state index contributed by atoms with van der Waals surface area (Å²) in [5.74, 6) is -0.981. The van der Waals surface area contributed by atoms with Crippen LogP contribution in [0.5, 0.6) is 5.75 Å². The Morgan fingerprint density at radius 1 is 1.40 bits per heavy atom. The van der Waals surface area contributed by atoms with Crippen LogP contribution in [-0.2, 0) is 12.0 Å². The lowest BCUT2D eigenvalue weighted by atomic mass is 9.89. The quantitative estimate of drug-likeness (QED) is 0.690. The van der Waals surface area contributed by atoms with Gasteiger partial charge in [-0.05, 0) is 32.4 Å². The van der Waals surface area contributed by atoms with E-state index in [9.17, 15) is 15.0 Å². The van der Waals surface area contributed by atoms with E-state index in [2.05, 4.69) is 4.98 Å². The number of carboxylic acids is 1. The van der Waals surface area contributed by atoms with E-state index < -0.39 is 11.5 Å². The van der Waals surface area contributed by atoms with Gasteiger partial charge in [-0.25, -0.2) is 4.79 Å². The van der Waals surface area contributed by atoms with Gasteiger partial charge in [-0.2, -0.15) is 0 Å². The van der Waals surface area contributed by atoms with Crippen LogP contribution in [0.25, 0.3) is 10.9 Å². The molecule has 0 aliphatic heterocycles. The highest BCUT2D eigenvalue weighted by atomic mass is 16.4. The molecule has 0 atom stereocenters. The number of aromatic carboxylic acids is 1. The number of hydrogen-bond donors (Lipinski definition) is 4. The Labute approximate surface area is 117 Å². The van der Waals surface area contributed by atoms with Crippen LogP contribution < -0.4 is 5.73 Å². The fraction of sp³-hybridized carbons (Fsp3) is 0.400. The summed E-state index contributed by atoms with van der Waals surface area (Å²) in [5, 5.41) is 20.1. The highest BCUT2D eigenvalue weighted by molar-refractivity contribution is 6.07. The number of fused-ring (bicyclic) bond motifs is 1. The molecule has 5 heteroatoms. The number of carbonyl (C=O) groups is 1. The van der Waals surface area contributed by atoms with E-state index in [1.54, 1.807) is 26.0 Å². The first kappa shape index (κ1) is 14.4. The van der Waals surface area contributed by atoms with Crippen LogP contribution in [-0.4, -0.2) is 21.2 Å². The number of aromatic hydroxyl groups is 1. The van der Waals surface area contributed by atoms with Crippen LogP contribution in [0, 0.1) is 0 Å². The molecule has 0 amide bonds. The molecule has 1 aromatic carbocycles. The van der Waals surface area contributed by atoms with E-state index in [1.165, 1.54) is 0 Å². The van der Waals surface area contributed by atoms with Gasteiger partial charge >= 0.3 is 5.97 Å². The number of rotatable bonds is 4. The molecular formula is C15H20N2O3. The van der Waals surface area contributed by atoms with E-state index in [0.29, 0.717) is 28.6 Å². The summed E-state index contributed by atoms with van der Waals surface area (Å²) in [6.07, 6.45) is 1.47. The fourth-order valence-corrected chi connectivity index (χ4v) is 2.66. The molecule has 2 rings (SSSR count). The lowest BCUT2D eigenvalue weighted by Crippen LogP contribution is -2.29. The number of aromatic nitrogens is 1. The van der Waals surface area contributed by atoms with Crippen molar-refractivity contribution in [1.82, 2.24) is 4.98 Å². The van der Waals surface area contributed by atoms with Crippen molar-refractivity contribution in [2.75, 3.05) is 0 Å². The SMILES string of the molecule is CCCc1[nH]c2ccc(O)c(C(C)(C)N)c2c1C(=O)O. The van der Waals surface area contributed by atoms with Gasteiger partial charge in [0, 0.05) is 27.7 Å². The number of aryl methyl sites for hydroxylation is 1. The molecular weight excluding hydrogens is 256 g/mol. The van der Waals surface area contributed by atoms with Gasteiger partial charge in [0.05, 0.1) is 5.56 Å². The number of hydrogen-bond acceptors (Lipinski definition) is 3. The number of nitrogens with one attached hydrogen (secondary N) is 1. The summed E-state index contributed by atoms with van der Waals surface area (Å²) >= 11 is 0. The Morgan fingerprint density at radius 2 is 2.05 bits per heavy atom. The highest BCUT2D eigenvalue weighted by Crippen LogP contribution is 2.37. The molecule has 0 aliphatic carbocycles. The number of phenolic OH excluding ortho intramolecular Hbond substituents is 1. The molecule has 5 nitrogen and oxygen atoms in total. The minimum atomic E-state index is -1.00. The van der Waals surface area contributed by atoms with Gasteiger partial charge in [-0.15, -0.1) is 0 Å². The third-order valence-corrected chi connectivity index (χ3v) is 3.38. The van der Waals surface area contributed by atoms with Gasteiger partial charge in [0.25, 0.3) is 0 Å². The zero-order valence-corrected chi connectivity index (χ0v) is 11.9. The van der Waals surface area contributed by atoms with Crippen molar-refractivity contribution < 1.29 is 15.0 Å². The van der Waals surface area contributed by atoms with Crippen LogP contribution in [0.4, 0.5) is 0 Å². The van der Waals surface area contributed by atoms with Crippen molar-refractivity contribution in [3.63, 3.8) is 0 Å². The van der Waals surface area contributed by atoms with E-state index >= 15 is 0 Å². The number of carboxylic acid groups (broad SMARTS) is 1. The van der Waals surface area contributed by atoms with Gasteiger partial charge in [-0.1, -0.05) is 13.3 Å². The topological polar surface area (TPSA) is 99.3 Å². The standard InChI is InChI=1S/C15H20N2O3/c1-4-5-8-12(14(19)20)11-9(17-8)6-7-10(18)13(11)15(2,3)16/h6-7,17-18H,4-5,16H2,1-3H3,(H,19,20). The maximum atomic E-state index is 11.6. The van der Waals surface area contributed by atoms with Crippen molar-refractivity contribution in [2.24, 2.45) is 5.73 Å². The first-order valence-corrected chi connectivity index (χ1v) is 6.66. The van der Waals surface area contributed by atoms with Crippen molar-refractivity contribution in [3.05, 3.63) is 29.0 Å². The minimum absolute atomic E-state index is 0.0227. The van der Waals surface area contributed by atoms with Gasteiger partial charge in [0.2, 0.25) is 0 Å². The fourth-order valence-electron chi connectivity index (χ4n) is 2.66. The third kappa shape index (κ3) is 2.25. The van der Waals surface area contributed by atoms with E-state index in [0.717, 1.165) is 6.42 Å². The maximum absolute atomic E-state index is 11.6. The van der Waals surface area contributed by atoms with Crippen LogP contribution in [0.2, 0.25) is 0 Å². The summed E-state index contributed by atoms with van der Waals surface area (Å²) in [5.41, 5.74) is 7.32. The average Bonchev–Trinajstić information content (AvgIpc) is 2.65. The smallest absolute Gasteiger partial charge is 0.338 e. The van der Waals surface area contributed by atoms with Crippen LogP contribution in [0.1, 0.15) is 48.8 Å². The van der Waals surface area contributed by atoms with Crippen molar-refractivity contribution >= 4 is 16.9 Å². The lowest BCUT2D eigenvalue weighted by molar-refractivity contribution is 0.0698. The Bertz CT molecular complexity index is 666. The van der Waals surface area contributed by atoms with E-state index in [-0.39, 0.29) is 11.3 Å². The predicted molar refractivity (Wildman–Crippen MR) is 78.1 cm³/mol. The number of benzene rings is 1. The van der Waals surface area contributed by atoms with E-state index in [4.69, 9.17) is 5.73 Å². The monoisotopic (exact) mass is 276 g/mol. The Hall–Kier alpha value is -2.01. The van der Waals surface area contributed by atoms with Crippen LogP contribution in [0.15, 0.2) is 12.1 Å². The predicted octanol–water partition coefficient (Wildman–Crippen LogP) is 2.72. The minimum Gasteiger partial charge on any atom is -0.508 e. The number of phenols is 1. The summed E-state index contributed by atoms with van der Waals surface area (Å²) in [6, 6.07) is 3.23. The Kier molecular flexibility index (Phi) is 3.48. The zero-order chi connectivity index (χ0) is 15.1. The summed E-state index contributed by atoms with van der Waals surface area (Å²) in [6.45, 7) is 5.49. The van der Waals surface area contributed by atoms with Gasteiger partial charge in [-0.3, -0.25) is 0 Å². The second kappa shape index (κ2) is 4.83. The van der Waals surface area contributed by atoms with E-state index in [1.807, 2.05) is 6.92 Å². The summed E-state index contributed by atoms with van der Waals surface area (Å²) < 4.78 is 0. The summed E-state index contributed by atoms with van der Waals surface area (Å²) in [4.78, 5) is 14.8. The molecule has 108 valence electrons. The van der Waals surface area contributed by atoms with Crippen LogP contribution in [0.3, 0.4) is 0 Å². The van der Waals surface area contributed by atoms with Crippen LogP contribution >= 0.6 is 0 Å². The molecule has 0 radical (unpaired) electrons. The number of aromatic amines is 1. The van der Waals surface area contributed by atoms with Gasteiger partial charge < -0.3 is 20.9 Å².